The second kappa shape index (κ2) is 23.9. The third-order valence-corrected chi connectivity index (χ3v) is 26.5. The zero-order valence-electron chi connectivity index (χ0n) is 31.2. The van der Waals surface area contributed by atoms with E-state index in [1.807, 2.05) is 4.61 Å². The van der Waals surface area contributed by atoms with E-state index in [1.165, 1.54) is 44.4 Å². The minimum absolute atomic E-state index is 0.0465. The molecule has 7 rings (SSSR count). The van der Waals surface area contributed by atoms with E-state index < -0.39 is 13.5 Å². The fourth-order valence-electron chi connectivity index (χ4n) is 11.2. The monoisotopic (exact) mass is 922 g/mol. The van der Waals surface area contributed by atoms with Crippen molar-refractivity contribution >= 4 is 67.1 Å². The number of halogens is 3. The Bertz CT molecular complexity index is 919. The molecule has 0 bridgehead atoms. The number of thiophene rings is 1. The Morgan fingerprint density at radius 1 is 0.510 bits per heavy atom. The van der Waals surface area contributed by atoms with E-state index in [2.05, 4.69) is 28.9 Å². The molecule has 0 aliphatic heterocycles. The van der Waals surface area contributed by atoms with Gasteiger partial charge >= 0.3 is 92.0 Å². The summed E-state index contributed by atoms with van der Waals surface area (Å²) in [6.07, 6.45) is 47.6. The molecular weight excluding hydrogens is 850 g/mol. The average Bonchev–Trinajstić information content (AvgIpc) is 3.47. The third-order valence-electron chi connectivity index (χ3n) is 13.6. The van der Waals surface area contributed by atoms with Gasteiger partial charge in [0.15, 0.2) is 0 Å². The Balaban J connectivity index is 0.000000149. The first-order chi connectivity index (χ1) is 24.0. The van der Waals surface area contributed by atoms with Crippen LogP contribution in [0.15, 0.2) is 9.85 Å². The molecule has 7 heteroatoms. The molecule has 0 amide bonds. The van der Waals surface area contributed by atoms with Gasteiger partial charge in [0.25, 0.3) is 0 Å². The summed E-state index contributed by atoms with van der Waals surface area (Å²) < 4.78 is 3.10. The third kappa shape index (κ3) is 14.3. The molecule has 6 saturated carbocycles. The Kier molecular flexibility index (Phi) is 20.6. The van der Waals surface area contributed by atoms with Crippen LogP contribution in [0.2, 0.25) is 0 Å². The van der Waals surface area contributed by atoms with Crippen LogP contribution in [-0.2, 0) is 13.5 Å². The average molecular weight is 924 g/mol. The van der Waals surface area contributed by atoms with Crippen LogP contribution >= 0.6 is 62.5 Å². The van der Waals surface area contributed by atoms with Crippen LogP contribution in [0.5, 0.6) is 0 Å². The van der Waals surface area contributed by atoms with E-state index in [0.29, 0.717) is 0 Å². The number of rotatable bonds is 7. The predicted molar refractivity (Wildman–Crippen MR) is 231 cm³/mol. The second-order valence-corrected chi connectivity index (χ2v) is 32.0. The van der Waals surface area contributed by atoms with Crippen LogP contribution in [0.4, 0.5) is 0 Å². The van der Waals surface area contributed by atoms with Crippen LogP contribution in [-0.4, -0.2) is 38.6 Å². The van der Waals surface area contributed by atoms with Gasteiger partial charge in [-0.1, -0.05) is 38.5 Å². The SMILES string of the molecule is C1CCC([PH+](C2CCCCC2)C2CCCCC2)CC1.C1CCC([PH+](C2CCCCC2)C2CCCCC2)CC1.Cc1cc(Br)sc1[CH]=[Ru]([Cl])[Cl]. The topological polar surface area (TPSA) is 0 Å². The molecule has 284 valence electrons. The fraction of sp³-hybridized carbons (Fsp3) is 0.881. The van der Waals surface area contributed by atoms with Gasteiger partial charge in [-0.25, -0.2) is 0 Å². The quantitative estimate of drug-likeness (QED) is 0.189. The number of hydrogen-bond acceptors (Lipinski definition) is 1. The summed E-state index contributed by atoms with van der Waals surface area (Å²) in [5.41, 5.74) is 8.60. The summed E-state index contributed by atoms with van der Waals surface area (Å²) in [5, 5.41) is 0. The van der Waals surface area contributed by atoms with E-state index in [-0.39, 0.29) is 15.8 Å². The summed E-state index contributed by atoms with van der Waals surface area (Å²) in [7, 11) is 11.4. The van der Waals surface area contributed by atoms with E-state index in [1.54, 1.807) is 204 Å². The first-order valence-electron chi connectivity index (χ1n) is 21.3. The van der Waals surface area contributed by atoms with Crippen LogP contribution in [0.1, 0.15) is 203 Å². The van der Waals surface area contributed by atoms with Crippen LogP contribution in [0.25, 0.3) is 0 Å². The summed E-state index contributed by atoms with van der Waals surface area (Å²) in [6.45, 7) is 2.05. The molecule has 1 aromatic heterocycles. The molecule has 0 saturated heterocycles. The van der Waals surface area contributed by atoms with Crippen molar-refractivity contribution in [3.8, 4) is 0 Å². The predicted octanol–water partition coefficient (Wildman–Crippen LogP) is 16.3. The van der Waals surface area contributed by atoms with Gasteiger partial charge in [-0.05, 0) is 154 Å². The van der Waals surface area contributed by atoms with Gasteiger partial charge in [0.05, 0.1) is 34.0 Å². The molecule has 0 atom stereocenters. The Labute approximate surface area is 331 Å². The summed E-state index contributed by atoms with van der Waals surface area (Å²) >= 11 is 3.43. The van der Waals surface area contributed by atoms with Crippen molar-refractivity contribution in [2.45, 2.75) is 234 Å². The minimum atomic E-state index is -1.64. The maximum atomic E-state index is 5.74. The molecular formula is C42H73BrCl2P2RuS+2. The first kappa shape index (κ1) is 42.3. The molecule has 6 aliphatic carbocycles. The van der Waals surface area contributed by atoms with Gasteiger partial charge < -0.3 is 0 Å². The van der Waals surface area contributed by atoms with Crippen molar-refractivity contribution in [3.05, 3.63) is 20.3 Å². The standard InChI is InChI=1S/2C18H33P.C6H5BrS.2ClH.Ru/c2*1-4-10-16(11-5-1)19(17-12-6-2-7-13-17)18-14-8-3-9-15-18;1-4-3-6(7)8-5(4)2;;;/h2*16-18H,1-15H2;2-3H,1H3;2*1H;/q;;;;;+2. The second-order valence-electron chi connectivity index (χ2n) is 16.9. The molecule has 0 unspecified atom stereocenters. The van der Waals surface area contributed by atoms with Gasteiger partial charge in [0.2, 0.25) is 0 Å². The van der Waals surface area contributed by atoms with Crippen molar-refractivity contribution < 1.29 is 13.5 Å². The van der Waals surface area contributed by atoms with Gasteiger partial charge in [-0.2, -0.15) is 0 Å². The van der Waals surface area contributed by atoms with Crippen LogP contribution in [0, 0.1) is 6.92 Å². The van der Waals surface area contributed by atoms with Gasteiger partial charge in [0, 0.05) is 15.8 Å². The molecule has 0 nitrogen and oxygen atoms in total. The van der Waals surface area contributed by atoms with Gasteiger partial charge in [-0.15, -0.1) is 0 Å². The number of hydrogen-bond donors (Lipinski definition) is 0. The van der Waals surface area contributed by atoms with Gasteiger partial charge in [0.1, 0.15) is 0 Å². The van der Waals surface area contributed by atoms with Crippen molar-refractivity contribution in [2.24, 2.45) is 0 Å². The van der Waals surface area contributed by atoms with Crippen molar-refractivity contribution in [1.82, 2.24) is 0 Å². The normalized spacial score (nSPS) is 25.0. The van der Waals surface area contributed by atoms with E-state index >= 15 is 0 Å². The number of aryl methyl sites for hydroxylation is 1. The Hall–Kier alpha value is 2.11. The van der Waals surface area contributed by atoms with Crippen molar-refractivity contribution in [3.63, 3.8) is 0 Å². The molecule has 0 spiro atoms. The summed E-state index contributed by atoms with van der Waals surface area (Å²) in [5.74, 6) is 0. The van der Waals surface area contributed by atoms with Crippen LogP contribution in [0.3, 0.4) is 0 Å². The molecule has 49 heavy (non-hydrogen) atoms. The molecule has 6 fully saturated rings. The molecule has 0 N–H and O–H groups in total. The van der Waals surface area contributed by atoms with E-state index in [9.17, 15) is 0 Å². The summed E-state index contributed by atoms with van der Waals surface area (Å²) in [4.78, 5) is 1.20. The molecule has 1 aromatic rings. The Morgan fingerprint density at radius 3 is 0.939 bits per heavy atom. The van der Waals surface area contributed by atoms with Crippen LogP contribution < -0.4 is 0 Å². The molecule has 0 aromatic carbocycles. The maximum absolute atomic E-state index is 5.74. The van der Waals surface area contributed by atoms with E-state index in [0.717, 1.165) is 3.79 Å². The zero-order chi connectivity index (χ0) is 34.3. The van der Waals surface area contributed by atoms with E-state index in [4.69, 9.17) is 19.4 Å². The molecule has 1 heterocycles. The Morgan fingerprint density at radius 2 is 0.755 bits per heavy atom. The van der Waals surface area contributed by atoms with Gasteiger partial charge in [-0.3, -0.25) is 0 Å². The zero-order valence-corrected chi connectivity index (χ0v) is 38.9. The molecule has 6 aliphatic rings. The molecule has 0 radical (unpaired) electrons. The summed E-state index contributed by atoms with van der Waals surface area (Å²) in [6, 6.07) is 2.07. The van der Waals surface area contributed by atoms with Crippen molar-refractivity contribution in [2.75, 3.05) is 0 Å². The van der Waals surface area contributed by atoms with Crippen molar-refractivity contribution in [1.29, 1.82) is 0 Å². The fourth-order valence-corrected chi connectivity index (χ4v) is 26.3. The first-order valence-corrected chi connectivity index (χ1v) is 31.9.